The summed E-state index contributed by atoms with van der Waals surface area (Å²) in [5.74, 6) is 0.987. The first-order valence-electron chi connectivity index (χ1n) is 9.06. The van der Waals surface area contributed by atoms with Crippen molar-refractivity contribution >= 4 is 11.6 Å². The van der Waals surface area contributed by atoms with Gasteiger partial charge >= 0.3 is 0 Å². The summed E-state index contributed by atoms with van der Waals surface area (Å²) in [6.45, 7) is 3.33. The molecule has 7 heteroatoms. The van der Waals surface area contributed by atoms with Gasteiger partial charge in [0.15, 0.2) is 11.5 Å². The van der Waals surface area contributed by atoms with Gasteiger partial charge in [-0.15, -0.1) is 0 Å². The van der Waals surface area contributed by atoms with Crippen molar-refractivity contribution in [1.82, 2.24) is 9.78 Å². The molecule has 0 bridgehead atoms. The van der Waals surface area contributed by atoms with Crippen LogP contribution in [-0.4, -0.2) is 40.6 Å². The number of ether oxygens (including phenoxy) is 3. The van der Waals surface area contributed by atoms with Gasteiger partial charge in [-0.3, -0.25) is 9.48 Å². The Morgan fingerprint density at radius 2 is 2.08 bits per heavy atom. The van der Waals surface area contributed by atoms with Gasteiger partial charge in [0, 0.05) is 12.8 Å². The molecule has 0 saturated carbocycles. The first-order chi connectivity index (χ1) is 12.7. The number of amides is 1. The quantitative estimate of drug-likeness (QED) is 0.910. The van der Waals surface area contributed by atoms with E-state index in [1.54, 1.807) is 12.3 Å². The molecule has 1 aromatic carbocycles. The Bertz CT molecular complexity index is 770. The first kappa shape index (κ1) is 16.9. The number of nitrogens with one attached hydrogen (secondary N) is 1. The van der Waals surface area contributed by atoms with Gasteiger partial charge in [-0.25, -0.2) is 0 Å². The number of fused-ring (bicyclic) bond motifs is 1. The van der Waals surface area contributed by atoms with E-state index >= 15 is 0 Å². The maximum absolute atomic E-state index is 12.6. The zero-order valence-corrected chi connectivity index (χ0v) is 14.8. The van der Waals surface area contributed by atoms with Crippen LogP contribution in [0.25, 0.3) is 0 Å². The number of benzene rings is 1. The number of nitrogens with zero attached hydrogens (tertiary/aromatic N) is 2. The largest absolute Gasteiger partial charge is 0.482 e. The fraction of sp³-hybridized carbons (Fsp3) is 0.474. The monoisotopic (exact) mass is 357 g/mol. The zero-order chi connectivity index (χ0) is 17.9. The zero-order valence-electron chi connectivity index (χ0n) is 14.8. The molecule has 2 aliphatic heterocycles. The van der Waals surface area contributed by atoms with Crippen LogP contribution in [-0.2, 0) is 16.1 Å². The van der Waals surface area contributed by atoms with E-state index in [1.165, 1.54) is 6.42 Å². The molecule has 0 spiro atoms. The van der Waals surface area contributed by atoms with Gasteiger partial charge in [-0.05, 0) is 38.3 Å². The molecule has 7 nitrogen and oxygen atoms in total. The third-order valence-corrected chi connectivity index (χ3v) is 4.67. The molecular weight excluding hydrogens is 334 g/mol. The lowest BCUT2D eigenvalue weighted by Gasteiger charge is -2.30. The number of anilines is 1. The van der Waals surface area contributed by atoms with Gasteiger partial charge in [0.1, 0.15) is 6.10 Å². The van der Waals surface area contributed by atoms with Crippen LogP contribution < -0.4 is 14.8 Å². The molecule has 26 heavy (non-hydrogen) atoms. The fourth-order valence-corrected chi connectivity index (χ4v) is 3.31. The van der Waals surface area contributed by atoms with E-state index in [9.17, 15) is 4.79 Å². The van der Waals surface area contributed by atoms with E-state index in [2.05, 4.69) is 10.4 Å². The molecule has 138 valence electrons. The maximum Gasteiger partial charge on any atom is 0.269 e. The Morgan fingerprint density at radius 1 is 1.27 bits per heavy atom. The van der Waals surface area contributed by atoms with Crippen molar-refractivity contribution in [3.63, 3.8) is 0 Å². The van der Waals surface area contributed by atoms with E-state index in [0.29, 0.717) is 23.7 Å². The number of hydrogen-bond donors (Lipinski definition) is 1. The molecule has 1 fully saturated rings. The normalized spacial score (nSPS) is 24.9. The van der Waals surface area contributed by atoms with Gasteiger partial charge < -0.3 is 19.5 Å². The average Bonchev–Trinajstić information content (AvgIpc) is 3.08. The van der Waals surface area contributed by atoms with Crippen LogP contribution in [0.3, 0.4) is 0 Å². The summed E-state index contributed by atoms with van der Waals surface area (Å²) in [7, 11) is 0. The van der Waals surface area contributed by atoms with Gasteiger partial charge in [-0.1, -0.05) is 12.1 Å². The summed E-state index contributed by atoms with van der Waals surface area (Å²) < 4.78 is 19.1. The number of carbonyl (C=O) groups is 1. The van der Waals surface area contributed by atoms with E-state index in [1.807, 2.05) is 36.0 Å². The molecule has 3 heterocycles. The smallest absolute Gasteiger partial charge is 0.269 e. The Morgan fingerprint density at radius 3 is 2.85 bits per heavy atom. The number of hydrogen-bond acceptors (Lipinski definition) is 5. The Hall–Kier alpha value is -2.54. The highest BCUT2D eigenvalue weighted by Crippen LogP contribution is 2.33. The van der Waals surface area contributed by atoms with Crippen molar-refractivity contribution in [1.29, 1.82) is 0 Å². The Labute approximate surface area is 152 Å². The lowest BCUT2D eigenvalue weighted by atomic mass is 10.1. The van der Waals surface area contributed by atoms with Crippen LogP contribution in [0.15, 0.2) is 36.7 Å². The molecule has 3 unspecified atom stereocenters. The van der Waals surface area contributed by atoms with Crippen LogP contribution in [0.1, 0.15) is 26.2 Å². The molecule has 4 rings (SSSR count). The lowest BCUT2D eigenvalue weighted by Crippen LogP contribution is -2.46. The van der Waals surface area contributed by atoms with Crippen LogP contribution >= 0.6 is 0 Å². The van der Waals surface area contributed by atoms with Gasteiger partial charge in [-0.2, -0.15) is 5.10 Å². The first-order valence-corrected chi connectivity index (χ1v) is 9.06. The molecule has 2 aliphatic rings. The second kappa shape index (κ2) is 7.37. The number of para-hydroxylation sites is 2. The summed E-state index contributed by atoms with van der Waals surface area (Å²) in [5, 5.41) is 7.18. The van der Waals surface area contributed by atoms with E-state index in [0.717, 1.165) is 19.4 Å². The summed E-state index contributed by atoms with van der Waals surface area (Å²) in [6.07, 6.45) is 5.92. The Kier molecular flexibility index (Phi) is 4.79. The average molecular weight is 357 g/mol. The predicted molar refractivity (Wildman–Crippen MR) is 95.4 cm³/mol. The minimum Gasteiger partial charge on any atom is -0.482 e. The summed E-state index contributed by atoms with van der Waals surface area (Å²) >= 11 is 0. The molecular formula is C19H23N3O4. The second-order valence-electron chi connectivity index (χ2n) is 6.74. The maximum atomic E-state index is 12.6. The van der Waals surface area contributed by atoms with Crippen molar-refractivity contribution in [2.75, 3.05) is 11.9 Å². The van der Waals surface area contributed by atoms with Crippen LogP contribution in [0, 0.1) is 0 Å². The van der Waals surface area contributed by atoms with E-state index in [4.69, 9.17) is 14.2 Å². The molecule has 1 saturated heterocycles. The van der Waals surface area contributed by atoms with E-state index < -0.39 is 6.10 Å². The molecule has 0 aliphatic carbocycles. The fourth-order valence-electron chi connectivity index (χ4n) is 3.31. The SMILES string of the molecule is CC1Oc2ccccc2OC1C(=O)Nc1cnn(CC2CCCCO2)c1. The third kappa shape index (κ3) is 3.67. The summed E-state index contributed by atoms with van der Waals surface area (Å²) in [5.41, 5.74) is 0.639. The summed E-state index contributed by atoms with van der Waals surface area (Å²) in [4.78, 5) is 12.6. The highest BCUT2D eigenvalue weighted by atomic mass is 16.6. The van der Waals surface area contributed by atoms with E-state index in [-0.39, 0.29) is 18.1 Å². The number of rotatable bonds is 4. The summed E-state index contributed by atoms with van der Waals surface area (Å²) in [6, 6.07) is 7.35. The number of carbonyl (C=O) groups excluding carboxylic acids is 1. The molecule has 2 aromatic rings. The molecule has 3 atom stereocenters. The molecule has 1 aromatic heterocycles. The Balaban J connectivity index is 1.37. The van der Waals surface area contributed by atoms with Crippen molar-refractivity contribution < 1.29 is 19.0 Å². The van der Waals surface area contributed by atoms with Crippen molar-refractivity contribution in [3.8, 4) is 11.5 Å². The lowest BCUT2D eigenvalue weighted by molar-refractivity contribution is -0.128. The van der Waals surface area contributed by atoms with Crippen molar-refractivity contribution in [3.05, 3.63) is 36.7 Å². The van der Waals surface area contributed by atoms with Crippen molar-refractivity contribution in [2.24, 2.45) is 0 Å². The van der Waals surface area contributed by atoms with Crippen molar-refractivity contribution in [2.45, 2.75) is 51.0 Å². The van der Waals surface area contributed by atoms with Gasteiger partial charge in [0.2, 0.25) is 6.10 Å². The van der Waals surface area contributed by atoms with Crippen LogP contribution in [0.2, 0.25) is 0 Å². The molecule has 1 N–H and O–H groups in total. The highest BCUT2D eigenvalue weighted by molar-refractivity contribution is 5.94. The third-order valence-electron chi connectivity index (χ3n) is 4.67. The molecule has 1 amide bonds. The topological polar surface area (TPSA) is 74.6 Å². The van der Waals surface area contributed by atoms with Gasteiger partial charge in [0.25, 0.3) is 5.91 Å². The van der Waals surface area contributed by atoms with Gasteiger partial charge in [0.05, 0.1) is 24.5 Å². The van der Waals surface area contributed by atoms with Crippen LogP contribution in [0.4, 0.5) is 5.69 Å². The second-order valence-corrected chi connectivity index (χ2v) is 6.74. The van der Waals surface area contributed by atoms with Crippen LogP contribution in [0.5, 0.6) is 11.5 Å². The predicted octanol–water partition coefficient (Wildman–Crippen LogP) is 2.62. The molecule has 0 radical (unpaired) electrons. The minimum atomic E-state index is -0.713. The standard InChI is InChI=1S/C19H23N3O4/c1-13-18(26-17-8-3-2-7-16(17)25-13)19(23)21-14-10-20-22(11-14)12-15-6-4-5-9-24-15/h2-3,7-8,10-11,13,15,18H,4-6,9,12H2,1H3,(H,21,23). The number of aromatic nitrogens is 2. The highest BCUT2D eigenvalue weighted by Gasteiger charge is 2.34. The minimum absolute atomic E-state index is 0.193.